The summed E-state index contributed by atoms with van der Waals surface area (Å²) >= 11 is 0. The number of alkyl halides is 7. The highest BCUT2D eigenvalue weighted by molar-refractivity contribution is 6.90. The Bertz CT molecular complexity index is 1670. The summed E-state index contributed by atoms with van der Waals surface area (Å²) in [6.07, 6.45) is -9.33. The van der Waals surface area contributed by atoms with E-state index in [2.05, 4.69) is 136 Å². The standard InChI is InChI=1S/C27H44F2O2Si3.C16H28F2O2Si2.C2H3F3O/c1-26(2,22-10-12-23(13-11-22)32(3)4)20-31-27(28,29)21-30-18-9-19-34(7,8)25-16-14-24(15-17-25)33(5)6;1-19-16(17,18)13-20-11-6-12-22(4,5)15-9-7-14(8-10-15)21(2)3;1-6-2(3,4)5/h10-17,32-33H,9,18-21H2,1-8H3;7-10,21H,6,11-13H2,1-5H3;1H3. The van der Waals surface area contributed by atoms with Crippen LogP contribution in [0.3, 0.4) is 0 Å². The van der Waals surface area contributed by atoms with E-state index < -0.39 is 79.7 Å². The van der Waals surface area contributed by atoms with Gasteiger partial charge in [-0.2, -0.15) is 17.6 Å². The van der Waals surface area contributed by atoms with Gasteiger partial charge in [-0.15, -0.1) is 13.2 Å². The summed E-state index contributed by atoms with van der Waals surface area (Å²) < 4.78 is 108. The van der Waals surface area contributed by atoms with Crippen LogP contribution in [0, 0.1) is 0 Å². The van der Waals surface area contributed by atoms with Gasteiger partial charge >= 0.3 is 18.6 Å². The molecule has 0 heterocycles. The Balaban J connectivity index is 0.000000586. The maximum absolute atomic E-state index is 14.3. The van der Waals surface area contributed by atoms with Crippen LogP contribution in [0.25, 0.3) is 0 Å². The lowest BCUT2D eigenvalue weighted by Gasteiger charge is -2.28. The molecule has 0 spiro atoms. The SMILES string of the molecule is COC(F)(F)COCCC[Si](C)(C)c1ccc([SiH](C)C)cc1.COC(F)(F)F.C[SiH](C)c1ccc(C(C)(C)COC(F)(F)COCCC[Si](C)(C)c2ccc([SiH](C)C)cc2)cc1. The quantitative estimate of drug-likeness (QED) is 0.0572. The highest BCUT2D eigenvalue weighted by Gasteiger charge is 2.35. The summed E-state index contributed by atoms with van der Waals surface area (Å²) in [5.74, 6) is 0. The fourth-order valence-corrected chi connectivity index (χ4v) is 14.0. The average Bonchev–Trinajstić information content (AvgIpc) is 3.20. The molecule has 0 saturated heterocycles. The number of benzene rings is 3. The molecule has 0 saturated carbocycles. The predicted octanol–water partition coefficient (Wildman–Crippen LogP) is 9.08. The van der Waals surface area contributed by atoms with E-state index in [1.807, 2.05) is 26.0 Å². The molecule has 0 N–H and O–H groups in total. The van der Waals surface area contributed by atoms with E-state index in [0.717, 1.165) is 37.6 Å². The van der Waals surface area contributed by atoms with Gasteiger partial charge in [0.1, 0.15) is 13.2 Å². The number of ether oxygens (including phenoxy) is 5. The summed E-state index contributed by atoms with van der Waals surface area (Å²) in [4.78, 5) is 0. The van der Waals surface area contributed by atoms with Gasteiger partial charge in [0.05, 0.1) is 49.1 Å². The second-order valence-electron chi connectivity index (χ2n) is 18.7. The van der Waals surface area contributed by atoms with Gasteiger partial charge < -0.3 is 18.9 Å². The van der Waals surface area contributed by atoms with Gasteiger partial charge in [0.25, 0.3) is 0 Å². The third-order valence-corrected chi connectivity index (χ3v) is 23.1. The molecule has 62 heavy (non-hydrogen) atoms. The zero-order chi connectivity index (χ0) is 47.6. The Morgan fingerprint density at radius 2 is 0.806 bits per heavy atom. The first kappa shape index (κ1) is 58.1. The topological polar surface area (TPSA) is 46.2 Å². The molecule has 0 amide bonds. The van der Waals surface area contributed by atoms with Crippen molar-refractivity contribution in [1.82, 2.24) is 0 Å². The van der Waals surface area contributed by atoms with Crippen LogP contribution in [-0.2, 0) is 29.1 Å². The van der Waals surface area contributed by atoms with Crippen molar-refractivity contribution in [2.24, 2.45) is 0 Å². The van der Waals surface area contributed by atoms with Crippen LogP contribution in [0.1, 0.15) is 32.3 Å². The van der Waals surface area contributed by atoms with Crippen molar-refractivity contribution in [2.45, 2.75) is 128 Å². The maximum atomic E-state index is 14.3. The lowest BCUT2D eigenvalue weighted by Crippen LogP contribution is -2.42. The summed E-state index contributed by atoms with van der Waals surface area (Å²) in [6.45, 7) is 26.3. The first-order valence-electron chi connectivity index (χ1n) is 21.5. The van der Waals surface area contributed by atoms with Gasteiger partial charge in [-0.05, 0) is 18.4 Å². The molecule has 354 valence electrons. The van der Waals surface area contributed by atoms with Crippen molar-refractivity contribution in [3.63, 3.8) is 0 Å². The molecule has 0 aliphatic heterocycles. The molecule has 3 aromatic carbocycles. The summed E-state index contributed by atoms with van der Waals surface area (Å²) in [5.41, 5.74) is 0.516. The van der Waals surface area contributed by atoms with E-state index in [1.54, 1.807) is 0 Å². The Labute approximate surface area is 375 Å². The molecule has 0 fully saturated rings. The van der Waals surface area contributed by atoms with Crippen LogP contribution in [0.5, 0.6) is 0 Å². The zero-order valence-electron chi connectivity index (χ0n) is 39.7. The smallest absolute Gasteiger partial charge is 0.372 e. The van der Waals surface area contributed by atoms with Crippen molar-refractivity contribution in [2.75, 3.05) is 47.3 Å². The van der Waals surface area contributed by atoms with E-state index in [9.17, 15) is 30.7 Å². The minimum absolute atomic E-state index is 0.0585. The summed E-state index contributed by atoms with van der Waals surface area (Å²) in [6, 6.07) is 28.5. The van der Waals surface area contributed by atoms with Crippen molar-refractivity contribution in [3.05, 3.63) is 78.4 Å². The molecule has 0 radical (unpaired) electrons. The molecule has 0 aromatic heterocycles. The van der Waals surface area contributed by atoms with Gasteiger partial charge in [-0.3, -0.25) is 4.74 Å². The van der Waals surface area contributed by atoms with E-state index in [0.29, 0.717) is 20.3 Å². The molecule has 0 unspecified atom stereocenters. The van der Waals surface area contributed by atoms with Crippen molar-refractivity contribution >= 4 is 68.5 Å². The summed E-state index contributed by atoms with van der Waals surface area (Å²) in [5, 5.41) is 7.19. The van der Waals surface area contributed by atoms with Crippen LogP contribution >= 0.6 is 0 Å². The molecular formula is C45H75F7O5Si5. The normalized spacial score (nSPS) is 13.0. The van der Waals surface area contributed by atoms with Crippen LogP contribution in [-0.4, -0.2) is 108 Å². The Kier molecular flexibility index (Phi) is 24.6. The fourth-order valence-electron chi connectivity index (χ4n) is 6.33. The molecule has 3 rings (SSSR count). The zero-order valence-corrected chi connectivity index (χ0v) is 45.2. The predicted molar refractivity (Wildman–Crippen MR) is 259 cm³/mol. The number of hydrogen-bond acceptors (Lipinski definition) is 5. The Morgan fingerprint density at radius 1 is 0.484 bits per heavy atom. The van der Waals surface area contributed by atoms with Crippen LogP contribution < -0.4 is 25.9 Å². The molecule has 0 aliphatic rings. The second kappa shape index (κ2) is 26.3. The minimum Gasteiger partial charge on any atom is -0.372 e. The van der Waals surface area contributed by atoms with E-state index in [1.165, 1.54) is 25.9 Å². The molecule has 0 aliphatic carbocycles. The lowest BCUT2D eigenvalue weighted by atomic mass is 9.86. The van der Waals surface area contributed by atoms with Gasteiger partial charge in [-0.25, -0.2) is 0 Å². The first-order chi connectivity index (χ1) is 28.5. The number of halogens is 7. The first-order valence-corrected chi connectivity index (χ1v) is 36.6. The van der Waals surface area contributed by atoms with Crippen LogP contribution in [0.2, 0.25) is 77.6 Å². The molecular weight excluding hydrogens is 894 g/mol. The van der Waals surface area contributed by atoms with Crippen molar-refractivity contribution in [3.8, 4) is 0 Å². The van der Waals surface area contributed by atoms with Gasteiger partial charge in [0.15, 0.2) is 0 Å². The van der Waals surface area contributed by atoms with Crippen LogP contribution in [0.15, 0.2) is 72.8 Å². The third-order valence-electron chi connectivity index (χ3n) is 11.0. The lowest BCUT2D eigenvalue weighted by molar-refractivity contribution is -0.311. The highest BCUT2D eigenvalue weighted by atomic mass is 28.3. The number of rotatable bonds is 22. The third kappa shape index (κ3) is 22.8. The molecule has 5 nitrogen and oxygen atoms in total. The molecule has 17 heteroatoms. The van der Waals surface area contributed by atoms with E-state index in [-0.39, 0.29) is 6.61 Å². The largest absolute Gasteiger partial charge is 0.522 e. The Morgan fingerprint density at radius 3 is 1.11 bits per heavy atom. The average molecular weight is 970 g/mol. The molecule has 3 aromatic rings. The minimum atomic E-state index is -4.46. The van der Waals surface area contributed by atoms with Crippen molar-refractivity contribution < 1.29 is 54.4 Å². The van der Waals surface area contributed by atoms with Gasteiger partial charge in [-0.1, -0.05) is 190 Å². The van der Waals surface area contributed by atoms with Crippen LogP contribution in [0.4, 0.5) is 30.7 Å². The monoisotopic (exact) mass is 968 g/mol. The second-order valence-corrected chi connectivity index (χ2v) is 37.3. The van der Waals surface area contributed by atoms with E-state index >= 15 is 0 Å². The van der Waals surface area contributed by atoms with E-state index in [4.69, 9.17) is 14.2 Å². The fraction of sp³-hybridized carbons (Fsp3) is 0.600. The highest BCUT2D eigenvalue weighted by Crippen LogP contribution is 2.27. The maximum Gasteiger partial charge on any atom is 0.522 e. The number of hydrogen-bond donors (Lipinski definition) is 0. The van der Waals surface area contributed by atoms with Crippen molar-refractivity contribution in [1.29, 1.82) is 0 Å². The molecule has 0 bridgehead atoms. The van der Waals surface area contributed by atoms with Gasteiger partial charge in [0, 0.05) is 32.8 Å². The molecule has 0 atom stereocenters. The Hall–Kier alpha value is -1.95. The number of methoxy groups -OCH3 is 2. The summed E-state index contributed by atoms with van der Waals surface area (Å²) in [7, 11) is -3.94. The van der Waals surface area contributed by atoms with Gasteiger partial charge in [0.2, 0.25) is 0 Å².